The minimum Gasteiger partial charge on any atom is -0.481 e. The lowest BCUT2D eigenvalue weighted by Gasteiger charge is -2.11. The number of carboxylic acid groups (broad SMARTS) is 1. The summed E-state index contributed by atoms with van der Waals surface area (Å²) in [5.41, 5.74) is 6.84. The second kappa shape index (κ2) is 9.04. The van der Waals surface area contributed by atoms with Crippen molar-refractivity contribution in [3.05, 3.63) is 63.0 Å². The summed E-state index contributed by atoms with van der Waals surface area (Å²) in [5, 5.41) is 27.6. The summed E-state index contributed by atoms with van der Waals surface area (Å²) >= 11 is 1.64. The topological polar surface area (TPSA) is 113 Å². The van der Waals surface area contributed by atoms with Crippen LogP contribution >= 0.6 is 11.3 Å². The Hall–Kier alpha value is -3.32. The number of carboxylic acids is 1. The van der Waals surface area contributed by atoms with E-state index >= 15 is 0 Å². The van der Waals surface area contributed by atoms with E-state index in [4.69, 9.17) is 10.2 Å². The SMILES string of the molecule is Cc1sc2c(c1C)C(c1ccc(CC#CCNO)cc1)=NC(CC(=O)O)c1nnc(C)n1-2. The lowest BCUT2D eigenvalue weighted by atomic mass is 9.98. The number of carbonyl (C=O) groups is 1. The molecule has 0 aliphatic carbocycles. The second-order valence-electron chi connectivity index (χ2n) is 7.56. The van der Waals surface area contributed by atoms with E-state index in [1.165, 1.54) is 4.88 Å². The van der Waals surface area contributed by atoms with Crippen molar-refractivity contribution in [2.24, 2.45) is 4.99 Å². The number of hydrogen-bond acceptors (Lipinski definition) is 7. The largest absolute Gasteiger partial charge is 0.481 e. The van der Waals surface area contributed by atoms with Gasteiger partial charge < -0.3 is 10.3 Å². The molecule has 9 heteroatoms. The van der Waals surface area contributed by atoms with Gasteiger partial charge in [-0.2, -0.15) is 5.48 Å². The molecule has 2 aromatic heterocycles. The van der Waals surface area contributed by atoms with Gasteiger partial charge in [0.15, 0.2) is 5.82 Å². The van der Waals surface area contributed by atoms with Crippen molar-refractivity contribution in [3.63, 3.8) is 0 Å². The molecule has 8 nitrogen and oxygen atoms in total. The summed E-state index contributed by atoms with van der Waals surface area (Å²) in [6, 6.07) is 7.34. The fourth-order valence-electron chi connectivity index (χ4n) is 3.74. The molecule has 0 radical (unpaired) electrons. The highest BCUT2D eigenvalue weighted by Crippen LogP contribution is 2.39. The number of rotatable bonds is 5. The van der Waals surface area contributed by atoms with Gasteiger partial charge in [-0.3, -0.25) is 14.4 Å². The van der Waals surface area contributed by atoms with Crippen LogP contribution in [0, 0.1) is 32.6 Å². The minimum atomic E-state index is -0.935. The number of hydroxylamine groups is 1. The highest BCUT2D eigenvalue weighted by Gasteiger charge is 2.32. The number of thiophene rings is 1. The van der Waals surface area contributed by atoms with Gasteiger partial charge in [-0.05, 0) is 31.9 Å². The average molecular weight is 450 g/mol. The molecule has 1 atom stereocenters. The average Bonchev–Trinajstić information content (AvgIpc) is 3.24. The van der Waals surface area contributed by atoms with Crippen LogP contribution in [-0.4, -0.2) is 43.3 Å². The molecule has 4 rings (SSSR count). The Bertz CT molecular complexity index is 1260. The van der Waals surface area contributed by atoms with Gasteiger partial charge in [0.05, 0.1) is 18.7 Å². The molecule has 1 aliphatic rings. The van der Waals surface area contributed by atoms with E-state index < -0.39 is 12.0 Å². The molecule has 32 heavy (non-hydrogen) atoms. The number of hydrogen-bond donors (Lipinski definition) is 3. The maximum Gasteiger partial charge on any atom is 0.306 e. The van der Waals surface area contributed by atoms with Crippen LogP contribution in [0.25, 0.3) is 5.00 Å². The van der Waals surface area contributed by atoms with Crippen LogP contribution in [-0.2, 0) is 11.2 Å². The number of aliphatic carboxylic acids is 1. The molecule has 1 unspecified atom stereocenters. The van der Waals surface area contributed by atoms with Crippen molar-refractivity contribution in [1.82, 2.24) is 20.2 Å². The second-order valence-corrected chi connectivity index (χ2v) is 8.76. The lowest BCUT2D eigenvalue weighted by Crippen LogP contribution is -2.10. The number of aliphatic imine (C=N–C) groups is 1. The quantitative estimate of drug-likeness (QED) is 0.407. The van der Waals surface area contributed by atoms with E-state index in [9.17, 15) is 9.90 Å². The van der Waals surface area contributed by atoms with Gasteiger partial charge in [0, 0.05) is 22.4 Å². The highest BCUT2D eigenvalue weighted by atomic mass is 32.1. The van der Waals surface area contributed by atoms with Gasteiger partial charge in [-0.25, -0.2) is 0 Å². The Labute approximate surface area is 189 Å². The van der Waals surface area contributed by atoms with Crippen molar-refractivity contribution in [3.8, 4) is 16.8 Å². The fourth-order valence-corrected chi connectivity index (χ4v) is 4.95. The van der Waals surface area contributed by atoms with Crippen molar-refractivity contribution >= 4 is 23.0 Å². The lowest BCUT2D eigenvalue weighted by molar-refractivity contribution is -0.137. The third-order valence-corrected chi connectivity index (χ3v) is 6.61. The Kier molecular flexibility index (Phi) is 6.19. The van der Waals surface area contributed by atoms with Crippen LogP contribution < -0.4 is 5.48 Å². The Balaban J connectivity index is 1.83. The van der Waals surface area contributed by atoms with E-state index in [1.54, 1.807) is 11.3 Å². The molecular weight excluding hydrogens is 426 g/mol. The molecule has 3 heterocycles. The summed E-state index contributed by atoms with van der Waals surface area (Å²) in [5.74, 6) is 6.14. The minimum absolute atomic E-state index is 0.166. The number of fused-ring (bicyclic) bond motifs is 3. The Morgan fingerprint density at radius 2 is 1.94 bits per heavy atom. The monoisotopic (exact) mass is 449 g/mol. The van der Waals surface area contributed by atoms with Crippen LogP contribution in [0.15, 0.2) is 29.3 Å². The number of aromatic nitrogens is 3. The first-order valence-corrected chi connectivity index (χ1v) is 11.0. The Morgan fingerprint density at radius 1 is 1.19 bits per heavy atom. The predicted molar refractivity (Wildman–Crippen MR) is 122 cm³/mol. The number of nitrogens with one attached hydrogen (secondary N) is 1. The summed E-state index contributed by atoms with van der Waals surface area (Å²) in [6.45, 7) is 6.23. The number of aryl methyl sites for hydroxylation is 2. The van der Waals surface area contributed by atoms with Gasteiger partial charge in [-0.1, -0.05) is 36.1 Å². The normalized spacial score (nSPS) is 14.6. The van der Waals surface area contributed by atoms with Gasteiger partial charge in [-0.15, -0.1) is 21.5 Å². The highest BCUT2D eigenvalue weighted by molar-refractivity contribution is 7.15. The van der Waals surface area contributed by atoms with Gasteiger partial charge in [0.1, 0.15) is 16.9 Å². The van der Waals surface area contributed by atoms with E-state index in [0.717, 1.165) is 33.0 Å². The molecule has 0 amide bonds. The maximum atomic E-state index is 11.6. The standard InChI is InChI=1S/C23H23N5O3S/c1-13-14(2)32-23-20(13)21(17-9-7-16(8-10-17)6-4-5-11-24-31)25-18(12-19(29)30)22-27-26-15(3)28(22)23/h7-10,18,24,31H,6,11-12H2,1-3H3,(H,29,30). The van der Waals surface area contributed by atoms with Crippen molar-refractivity contribution in [2.45, 2.75) is 39.7 Å². The Morgan fingerprint density at radius 3 is 2.62 bits per heavy atom. The molecular formula is C23H23N5O3S. The molecule has 3 N–H and O–H groups in total. The van der Waals surface area contributed by atoms with Crippen LogP contribution in [0.3, 0.4) is 0 Å². The van der Waals surface area contributed by atoms with Gasteiger partial charge in [0.25, 0.3) is 0 Å². The van der Waals surface area contributed by atoms with Crippen LogP contribution in [0.4, 0.5) is 0 Å². The first-order chi connectivity index (χ1) is 15.4. The van der Waals surface area contributed by atoms with Crippen molar-refractivity contribution in [2.75, 3.05) is 6.54 Å². The van der Waals surface area contributed by atoms with E-state index in [0.29, 0.717) is 18.1 Å². The zero-order valence-corrected chi connectivity index (χ0v) is 18.8. The van der Waals surface area contributed by atoms with E-state index in [2.05, 4.69) is 35.9 Å². The van der Waals surface area contributed by atoms with Gasteiger partial charge in [0.2, 0.25) is 0 Å². The van der Waals surface area contributed by atoms with Crippen molar-refractivity contribution < 1.29 is 15.1 Å². The number of benzene rings is 1. The summed E-state index contributed by atoms with van der Waals surface area (Å²) in [6.07, 6.45) is 0.402. The zero-order chi connectivity index (χ0) is 22.8. The first-order valence-electron chi connectivity index (χ1n) is 10.1. The van der Waals surface area contributed by atoms with E-state index in [1.807, 2.05) is 41.2 Å². The van der Waals surface area contributed by atoms with Gasteiger partial charge >= 0.3 is 5.97 Å². The van der Waals surface area contributed by atoms with Crippen LogP contribution in [0.1, 0.15) is 51.2 Å². The maximum absolute atomic E-state index is 11.6. The molecule has 1 aliphatic heterocycles. The third-order valence-electron chi connectivity index (χ3n) is 5.42. The first kappa shape index (κ1) is 21.9. The summed E-state index contributed by atoms with van der Waals surface area (Å²) < 4.78 is 1.95. The van der Waals surface area contributed by atoms with Crippen molar-refractivity contribution in [1.29, 1.82) is 0 Å². The summed E-state index contributed by atoms with van der Waals surface area (Å²) in [7, 11) is 0. The smallest absolute Gasteiger partial charge is 0.306 e. The molecule has 0 fully saturated rings. The molecule has 3 aromatic rings. The number of nitrogens with zero attached hydrogens (tertiary/aromatic N) is 4. The third kappa shape index (κ3) is 4.08. The summed E-state index contributed by atoms with van der Waals surface area (Å²) in [4.78, 5) is 17.7. The molecule has 0 saturated heterocycles. The molecule has 0 bridgehead atoms. The van der Waals surface area contributed by atoms with Crippen LogP contribution in [0.5, 0.6) is 0 Å². The molecule has 0 saturated carbocycles. The fraction of sp³-hybridized carbons (Fsp3) is 0.304. The molecule has 164 valence electrons. The molecule has 1 aromatic carbocycles. The predicted octanol–water partition coefficient (Wildman–Crippen LogP) is 3.15. The van der Waals surface area contributed by atoms with E-state index in [-0.39, 0.29) is 13.0 Å². The zero-order valence-electron chi connectivity index (χ0n) is 18.0. The molecule has 0 spiro atoms. The van der Waals surface area contributed by atoms with Crippen LogP contribution in [0.2, 0.25) is 0 Å².